The molecule has 0 radical (unpaired) electrons. The van der Waals surface area contributed by atoms with Crippen LogP contribution in [0.1, 0.15) is 19.3 Å². The molecule has 7 heteroatoms. The van der Waals surface area contributed by atoms with E-state index in [0.29, 0.717) is 0 Å². The minimum absolute atomic E-state index is 0.0175. The van der Waals surface area contributed by atoms with Crippen molar-refractivity contribution >= 4 is 23.0 Å². The molecule has 1 N–H and O–H groups in total. The van der Waals surface area contributed by atoms with E-state index in [1.54, 1.807) is 7.05 Å². The molecule has 1 aliphatic heterocycles. The highest BCUT2D eigenvalue weighted by Crippen LogP contribution is 2.18. The van der Waals surface area contributed by atoms with Crippen LogP contribution < -0.4 is 5.32 Å². The zero-order chi connectivity index (χ0) is 18.4. The largest absolute Gasteiger partial charge is 0.469 e. The number of fused-ring (bicyclic) bond motifs is 1. The first kappa shape index (κ1) is 18.2. The number of carbonyl (C=O) groups is 1. The number of benzene rings is 1. The zero-order valence-electron chi connectivity index (χ0n) is 15.5. The number of nitrogens with zero attached hydrogens (tertiary/aromatic N) is 4. The van der Waals surface area contributed by atoms with Crippen LogP contribution in [0.4, 0.5) is 0 Å². The van der Waals surface area contributed by atoms with Gasteiger partial charge in [0.05, 0.1) is 30.4 Å². The van der Waals surface area contributed by atoms with E-state index in [2.05, 4.69) is 30.8 Å². The summed E-state index contributed by atoms with van der Waals surface area (Å²) >= 11 is 0. The van der Waals surface area contributed by atoms with E-state index in [9.17, 15) is 4.79 Å². The van der Waals surface area contributed by atoms with Crippen LogP contribution in [0.5, 0.6) is 0 Å². The summed E-state index contributed by atoms with van der Waals surface area (Å²) in [5.74, 6) is 0.827. The second-order valence-corrected chi connectivity index (χ2v) is 6.54. The van der Waals surface area contributed by atoms with Crippen molar-refractivity contribution in [1.29, 1.82) is 0 Å². The molecule has 0 spiro atoms. The van der Waals surface area contributed by atoms with Gasteiger partial charge in [0, 0.05) is 33.2 Å². The van der Waals surface area contributed by atoms with Gasteiger partial charge in [0.15, 0.2) is 5.96 Å². The molecule has 7 nitrogen and oxygen atoms in total. The fourth-order valence-electron chi connectivity index (χ4n) is 3.46. The lowest BCUT2D eigenvalue weighted by Gasteiger charge is -2.33. The molecule has 0 amide bonds. The Balaban J connectivity index is 1.44. The number of nitrogens with one attached hydrogen (secondary N) is 1. The molecule has 0 aliphatic carbocycles. The highest BCUT2D eigenvalue weighted by molar-refractivity contribution is 5.80. The Hall–Kier alpha value is -2.57. The minimum Gasteiger partial charge on any atom is -0.469 e. The third kappa shape index (κ3) is 4.15. The van der Waals surface area contributed by atoms with Crippen LogP contribution in [-0.2, 0) is 16.1 Å². The minimum atomic E-state index is -0.0971. The summed E-state index contributed by atoms with van der Waals surface area (Å²) in [4.78, 5) is 22.7. The van der Waals surface area contributed by atoms with Gasteiger partial charge in [-0.2, -0.15) is 0 Å². The standard InChI is InChI=1S/C19H27N5O2/c1-20-19(23-12-8-15(9-13-23)18(25)26-2)21-10-5-11-24-14-22-16-6-3-4-7-17(16)24/h3-4,6-7,14-15H,5,8-13H2,1-2H3,(H,20,21). The molecule has 0 unspecified atom stereocenters. The number of carbonyl (C=O) groups excluding carboxylic acids is 1. The molecule has 140 valence electrons. The smallest absolute Gasteiger partial charge is 0.308 e. The summed E-state index contributed by atoms with van der Waals surface area (Å²) in [5, 5.41) is 3.43. The van der Waals surface area contributed by atoms with E-state index < -0.39 is 0 Å². The van der Waals surface area contributed by atoms with Crippen LogP contribution >= 0.6 is 0 Å². The van der Waals surface area contributed by atoms with Gasteiger partial charge in [0.1, 0.15) is 0 Å². The second kappa shape index (κ2) is 8.69. The van der Waals surface area contributed by atoms with E-state index in [1.807, 2.05) is 24.5 Å². The zero-order valence-corrected chi connectivity index (χ0v) is 15.5. The maximum absolute atomic E-state index is 11.6. The van der Waals surface area contributed by atoms with E-state index in [-0.39, 0.29) is 11.9 Å². The number of aryl methyl sites for hydroxylation is 1. The van der Waals surface area contributed by atoms with Crippen LogP contribution in [0.15, 0.2) is 35.6 Å². The third-order valence-corrected chi connectivity index (χ3v) is 4.93. The molecule has 2 heterocycles. The van der Waals surface area contributed by atoms with Gasteiger partial charge in [-0.15, -0.1) is 0 Å². The van der Waals surface area contributed by atoms with Gasteiger partial charge >= 0.3 is 5.97 Å². The quantitative estimate of drug-likeness (QED) is 0.383. The maximum atomic E-state index is 11.6. The normalized spacial score (nSPS) is 16.1. The molecule has 1 aliphatic rings. The Kier molecular flexibility index (Phi) is 6.09. The number of likely N-dealkylation sites (tertiary alicyclic amines) is 1. The highest BCUT2D eigenvalue weighted by atomic mass is 16.5. The molecule has 0 atom stereocenters. The predicted octanol–water partition coefficient (Wildman–Crippen LogP) is 1.89. The number of hydrogen-bond donors (Lipinski definition) is 1. The van der Waals surface area contributed by atoms with E-state index in [4.69, 9.17) is 4.74 Å². The Morgan fingerprint density at radius 3 is 2.85 bits per heavy atom. The molecule has 26 heavy (non-hydrogen) atoms. The van der Waals surface area contributed by atoms with Crippen molar-refractivity contribution in [3.8, 4) is 0 Å². The number of piperidine rings is 1. The van der Waals surface area contributed by atoms with Crippen molar-refractivity contribution in [1.82, 2.24) is 19.8 Å². The first-order valence-electron chi connectivity index (χ1n) is 9.16. The SMILES string of the molecule is CN=C(NCCCn1cnc2ccccc21)N1CCC(C(=O)OC)CC1. The number of methoxy groups -OCH3 is 1. The highest BCUT2D eigenvalue weighted by Gasteiger charge is 2.26. The monoisotopic (exact) mass is 357 g/mol. The van der Waals surface area contributed by atoms with Gasteiger partial charge in [-0.05, 0) is 31.4 Å². The number of rotatable bonds is 5. The van der Waals surface area contributed by atoms with Gasteiger partial charge < -0.3 is 19.5 Å². The Labute approximate surface area is 154 Å². The second-order valence-electron chi connectivity index (χ2n) is 6.54. The molecule has 0 bridgehead atoms. The average Bonchev–Trinajstić information content (AvgIpc) is 3.11. The van der Waals surface area contributed by atoms with Crippen molar-refractivity contribution in [2.75, 3.05) is 33.8 Å². The van der Waals surface area contributed by atoms with Gasteiger partial charge in [-0.3, -0.25) is 9.79 Å². The van der Waals surface area contributed by atoms with Crippen LogP contribution in [0.2, 0.25) is 0 Å². The Bertz CT molecular complexity index is 762. The van der Waals surface area contributed by atoms with Gasteiger partial charge in [0.2, 0.25) is 0 Å². The molecule has 1 aromatic heterocycles. The number of guanidine groups is 1. The summed E-state index contributed by atoms with van der Waals surface area (Å²) in [5.41, 5.74) is 2.20. The van der Waals surface area contributed by atoms with Crippen molar-refractivity contribution < 1.29 is 9.53 Å². The molecule has 1 saturated heterocycles. The van der Waals surface area contributed by atoms with E-state index in [0.717, 1.165) is 56.9 Å². The number of aromatic nitrogens is 2. The lowest BCUT2D eigenvalue weighted by atomic mass is 9.97. The summed E-state index contributed by atoms with van der Waals surface area (Å²) in [7, 11) is 3.26. The van der Waals surface area contributed by atoms with Crippen LogP contribution in [0.25, 0.3) is 11.0 Å². The van der Waals surface area contributed by atoms with Crippen LogP contribution in [-0.4, -0.2) is 60.2 Å². The predicted molar refractivity (Wildman–Crippen MR) is 102 cm³/mol. The molecule has 3 rings (SSSR count). The Morgan fingerprint density at radius 2 is 2.12 bits per heavy atom. The number of aliphatic imine (C=N–C) groups is 1. The molecule has 1 aromatic carbocycles. The van der Waals surface area contributed by atoms with Gasteiger partial charge in [0.25, 0.3) is 0 Å². The molecular weight excluding hydrogens is 330 g/mol. The first-order valence-corrected chi connectivity index (χ1v) is 9.16. The van der Waals surface area contributed by atoms with Crippen molar-refractivity contribution in [2.24, 2.45) is 10.9 Å². The number of imidazole rings is 1. The van der Waals surface area contributed by atoms with Gasteiger partial charge in [-0.1, -0.05) is 12.1 Å². The first-order chi connectivity index (χ1) is 12.7. The molecular formula is C19H27N5O2. The summed E-state index contributed by atoms with van der Waals surface area (Å²) < 4.78 is 7.03. The van der Waals surface area contributed by atoms with Crippen molar-refractivity contribution in [3.63, 3.8) is 0 Å². The van der Waals surface area contributed by atoms with Crippen LogP contribution in [0.3, 0.4) is 0 Å². The molecule has 1 fully saturated rings. The fourth-order valence-corrected chi connectivity index (χ4v) is 3.46. The fraction of sp³-hybridized carbons (Fsp3) is 0.526. The number of para-hydroxylation sites is 2. The van der Waals surface area contributed by atoms with E-state index >= 15 is 0 Å². The average molecular weight is 357 g/mol. The van der Waals surface area contributed by atoms with E-state index in [1.165, 1.54) is 12.6 Å². The number of hydrogen-bond acceptors (Lipinski definition) is 4. The molecule has 2 aromatic rings. The van der Waals surface area contributed by atoms with Crippen LogP contribution in [0, 0.1) is 5.92 Å². The summed E-state index contributed by atoms with van der Waals surface area (Å²) in [6.07, 6.45) is 4.51. The topological polar surface area (TPSA) is 71.8 Å². The lowest BCUT2D eigenvalue weighted by molar-refractivity contribution is -0.146. The third-order valence-electron chi connectivity index (χ3n) is 4.93. The number of esters is 1. The van der Waals surface area contributed by atoms with Crippen molar-refractivity contribution in [2.45, 2.75) is 25.8 Å². The lowest BCUT2D eigenvalue weighted by Crippen LogP contribution is -2.47. The maximum Gasteiger partial charge on any atom is 0.308 e. The number of ether oxygens (including phenoxy) is 1. The summed E-state index contributed by atoms with van der Waals surface area (Å²) in [6, 6.07) is 8.18. The Morgan fingerprint density at radius 1 is 1.35 bits per heavy atom. The van der Waals surface area contributed by atoms with Gasteiger partial charge in [-0.25, -0.2) is 4.98 Å². The van der Waals surface area contributed by atoms with Crippen molar-refractivity contribution in [3.05, 3.63) is 30.6 Å². The summed E-state index contributed by atoms with van der Waals surface area (Å²) in [6.45, 7) is 3.40. The molecule has 0 saturated carbocycles.